The average molecular weight is 547 g/mol. The van der Waals surface area contributed by atoms with Crippen molar-refractivity contribution in [3.05, 3.63) is 95.3 Å². The molecule has 0 saturated carbocycles. The minimum Gasteiger partial charge on any atom is -0.457 e. The van der Waals surface area contributed by atoms with Gasteiger partial charge in [-0.3, -0.25) is 0 Å². The fourth-order valence-corrected chi connectivity index (χ4v) is 5.91. The Morgan fingerprint density at radius 1 is 0.585 bits per heavy atom. The van der Waals surface area contributed by atoms with Gasteiger partial charge in [-0.2, -0.15) is 0 Å². The fraction of sp³-hybridized carbons (Fsp3) is 0.389. The molecule has 4 heterocycles. The maximum absolute atomic E-state index is 6.54. The molecule has 2 aliphatic heterocycles. The number of anilines is 4. The second kappa shape index (κ2) is 10.5. The van der Waals surface area contributed by atoms with E-state index in [4.69, 9.17) is 14.7 Å². The van der Waals surface area contributed by atoms with Crippen LogP contribution in [0, 0.1) is 0 Å². The Balaban J connectivity index is 1.30. The number of hydrogen-bond acceptors (Lipinski definition) is 5. The van der Waals surface area contributed by atoms with E-state index in [-0.39, 0.29) is 10.8 Å². The molecule has 41 heavy (non-hydrogen) atoms. The summed E-state index contributed by atoms with van der Waals surface area (Å²) in [7, 11) is 0. The first-order valence-electron chi connectivity index (χ1n) is 15.0. The van der Waals surface area contributed by atoms with E-state index in [0.717, 1.165) is 61.9 Å². The van der Waals surface area contributed by atoms with Gasteiger partial charge in [-0.05, 0) is 95.2 Å². The van der Waals surface area contributed by atoms with Crippen LogP contribution in [0.5, 0.6) is 11.5 Å². The minimum atomic E-state index is 0.0746. The molecule has 0 aliphatic carbocycles. The van der Waals surface area contributed by atoms with Crippen LogP contribution < -0.4 is 14.5 Å². The Labute approximate surface area is 245 Å². The van der Waals surface area contributed by atoms with Gasteiger partial charge in [0.2, 0.25) is 0 Å². The molecule has 0 radical (unpaired) electrons. The SMILES string of the molecule is CC(C)(C)c1ccnc(N2CCCc3ccc(Oc4ccc5c(c4)N(c4cc(C(C)(C)C)ccn4)CCC5)cc32)c1. The van der Waals surface area contributed by atoms with Gasteiger partial charge >= 0.3 is 0 Å². The summed E-state index contributed by atoms with van der Waals surface area (Å²) in [6.07, 6.45) is 8.24. The van der Waals surface area contributed by atoms with E-state index in [2.05, 4.69) is 112 Å². The summed E-state index contributed by atoms with van der Waals surface area (Å²) in [6, 6.07) is 21.8. The van der Waals surface area contributed by atoms with Crippen molar-refractivity contribution in [2.45, 2.75) is 78.1 Å². The lowest BCUT2D eigenvalue weighted by atomic mass is 9.87. The summed E-state index contributed by atoms with van der Waals surface area (Å²) in [5.74, 6) is 3.70. The number of rotatable bonds is 4. The molecule has 5 nitrogen and oxygen atoms in total. The van der Waals surface area contributed by atoms with E-state index in [9.17, 15) is 0 Å². The van der Waals surface area contributed by atoms with Gasteiger partial charge in [-0.15, -0.1) is 0 Å². The van der Waals surface area contributed by atoms with Crippen molar-refractivity contribution in [3.8, 4) is 11.5 Å². The Kier molecular flexibility index (Phi) is 7.01. The van der Waals surface area contributed by atoms with E-state index in [1.54, 1.807) is 0 Å². The van der Waals surface area contributed by atoms with Gasteiger partial charge in [-0.1, -0.05) is 53.7 Å². The number of aromatic nitrogens is 2. The third-order valence-electron chi connectivity index (χ3n) is 8.36. The van der Waals surface area contributed by atoms with E-state index < -0.39 is 0 Å². The van der Waals surface area contributed by atoms with Crippen LogP contribution in [0.3, 0.4) is 0 Å². The number of benzene rings is 2. The molecule has 0 N–H and O–H groups in total. The van der Waals surface area contributed by atoms with Gasteiger partial charge in [0.05, 0.1) is 0 Å². The highest BCUT2D eigenvalue weighted by Gasteiger charge is 2.24. The summed E-state index contributed by atoms with van der Waals surface area (Å²) in [6.45, 7) is 15.4. The molecule has 4 aromatic rings. The third kappa shape index (κ3) is 5.68. The number of pyridine rings is 2. The highest BCUT2D eigenvalue weighted by Crippen LogP contribution is 2.40. The molecule has 0 bridgehead atoms. The molecule has 2 aromatic heterocycles. The number of hydrogen-bond donors (Lipinski definition) is 0. The molecule has 0 atom stereocenters. The molecule has 2 aliphatic rings. The van der Waals surface area contributed by atoms with E-state index in [1.165, 1.54) is 33.6 Å². The molecular weight excluding hydrogens is 504 g/mol. The number of aryl methyl sites for hydroxylation is 2. The Bertz CT molecular complexity index is 1450. The predicted octanol–water partition coefficient (Wildman–Crippen LogP) is 9.03. The molecule has 0 fully saturated rings. The normalized spacial score (nSPS) is 15.4. The first kappa shape index (κ1) is 27.3. The Hall–Kier alpha value is -3.86. The predicted molar refractivity (Wildman–Crippen MR) is 169 cm³/mol. The second-order valence-electron chi connectivity index (χ2n) is 13.5. The summed E-state index contributed by atoms with van der Waals surface area (Å²) in [5, 5.41) is 0. The van der Waals surface area contributed by atoms with Crippen LogP contribution in [0.4, 0.5) is 23.0 Å². The minimum absolute atomic E-state index is 0.0746. The van der Waals surface area contributed by atoms with Crippen LogP contribution in [-0.4, -0.2) is 23.1 Å². The van der Waals surface area contributed by atoms with Crippen LogP contribution in [0.15, 0.2) is 73.1 Å². The van der Waals surface area contributed by atoms with E-state index in [0.29, 0.717) is 0 Å². The lowest BCUT2D eigenvalue weighted by molar-refractivity contribution is 0.481. The van der Waals surface area contributed by atoms with Crippen LogP contribution >= 0.6 is 0 Å². The van der Waals surface area contributed by atoms with Gasteiger partial charge in [0.1, 0.15) is 23.1 Å². The van der Waals surface area contributed by atoms with Gasteiger partial charge in [-0.25, -0.2) is 9.97 Å². The van der Waals surface area contributed by atoms with Crippen molar-refractivity contribution in [1.29, 1.82) is 0 Å². The second-order valence-corrected chi connectivity index (χ2v) is 13.5. The van der Waals surface area contributed by atoms with Crippen LogP contribution in [-0.2, 0) is 23.7 Å². The van der Waals surface area contributed by atoms with Crippen LogP contribution in [0.2, 0.25) is 0 Å². The number of fused-ring (bicyclic) bond motifs is 2. The van der Waals surface area contributed by atoms with Crippen molar-refractivity contribution < 1.29 is 4.74 Å². The topological polar surface area (TPSA) is 41.5 Å². The molecule has 212 valence electrons. The molecular formula is C36H42N4O. The Morgan fingerprint density at radius 3 is 1.44 bits per heavy atom. The monoisotopic (exact) mass is 546 g/mol. The maximum atomic E-state index is 6.54. The van der Waals surface area contributed by atoms with Crippen molar-refractivity contribution >= 4 is 23.0 Å². The largest absolute Gasteiger partial charge is 0.457 e. The van der Waals surface area contributed by atoms with Crippen molar-refractivity contribution in [2.24, 2.45) is 0 Å². The zero-order chi connectivity index (χ0) is 28.8. The molecule has 6 rings (SSSR count). The van der Waals surface area contributed by atoms with Crippen molar-refractivity contribution in [2.75, 3.05) is 22.9 Å². The maximum Gasteiger partial charge on any atom is 0.133 e. The van der Waals surface area contributed by atoms with Crippen LogP contribution in [0.1, 0.15) is 76.6 Å². The molecule has 0 saturated heterocycles. The smallest absolute Gasteiger partial charge is 0.133 e. The van der Waals surface area contributed by atoms with Gasteiger partial charge in [0, 0.05) is 49.0 Å². The quantitative estimate of drug-likeness (QED) is 0.255. The molecule has 0 amide bonds. The van der Waals surface area contributed by atoms with Gasteiger partial charge in [0.15, 0.2) is 0 Å². The molecule has 0 spiro atoms. The average Bonchev–Trinajstić information content (AvgIpc) is 2.96. The summed E-state index contributed by atoms with van der Waals surface area (Å²) < 4.78 is 6.54. The van der Waals surface area contributed by atoms with Crippen molar-refractivity contribution in [1.82, 2.24) is 9.97 Å². The lowest BCUT2D eigenvalue weighted by Crippen LogP contribution is -2.26. The first-order chi connectivity index (χ1) is 19.6. The highest BCUT2D eigenvalue weighted by atomic mass is 16.5. The van der Waals surface area contributed by atoms with E-state index >= 15 is 0 Å². The standard InChI is InChI=1S/C36H42N4O/c1-35(2,3)27-15-17-37-33(21-27)39-19-7-9-25-11-13-29(23-31(25)39)41-30-14-12-26-10-8-20-40(32(26)24-30)34-22-28(16-18-38-34)36(4,5)6/h11-18,21-24H,7-10,19-20H2,1-6H3. The fourth-order valence-electron chi connectivity index (χ4n) is 5.91. The lowest BCUT2D eigenvalue weighted by Gasteiger charge is -2.32. The summed E-state index contributed by atoms with van der Waals surface area (Å²) in [4.78, 5) is 14.2. The molecule has 0 unspecified atom stereocenters. The number of nitrogens with zero attached hydrogens (tertiary/aromatic N) is 4. The zero-order valence-electron chi connectivity index (χ0n) is 25.4. The highest BCUT2D eigenvalue weighted by molar-refractivity contribution is 5.70. The Morgan fingerprint density at radius 2 is 1.02 bits per heavy atom. The zero-order valence-corrected chi connectivity index (χ0v) is 25.4. The molecule has 2 aromatic carbocycles. The summed E-state index contributed by atoms with van der Waals surface area (Å²) in [5.41, 5.74) is 7.80. The first-order valence-corrected chi connectivity index (χ1v) is 15.0. The summed E-state index contributed by atoms with van der Waals surface area (Å²) >= 11 is 0. The third-order valence-corrected chi connectivity index (χ3v) is 8.36. The van der Waals surface area contributed by atoms with Crippen LogP contribution in [0.25, 0.3) is 0 Å². The van der Waals surface area contributed by atoms with Crippen molar-refractivity contribution in [3.63, 3.8) is 0 Å². The van der Waals surface area contributed by atoms with Gasteiger partial charge in [0.25, 0.3) is 0 Å². The van der Waals surface area contributed by atoms with Gasteiger partial charge < -0.3 is 14.5 Å². The number of ether oxygens (including phenoxy) is 1. The van der Waals surface area contributed by atoms with E-state index in [1.807, 2.05) is 12.4 Å². The molecule has 5 heteroatoms.